The number of piperidine rings is 1. The summed E-state index contributed by atoms with van der Waals surface area (Å²) >= 11 is 0. The largest absolute Gasteiger partial charge is 0.493 e. The molecule has 136 valence electrons. The fraction of sp³-hybridized carbons (Fsp3) is 0.550. The summed E-state index contributed by atoms with van der Waals surface area (Å²) in [7, 11) is 3.19. The van der Waals surface area contributed by atoms with Crippen LogP contribution in [0.3, 0.4) is 0 Å². The predicted molar refractivity (Wildman–Crippen MR) is 96.7 cm³/mol. The van der Waals surface area contributed by atoms with Crippen molar-refractivity contribution in [3.05, 3.63) is 29.8 Å². The molecule has 1 N–H and O–H groups in total. The zero-order valence-electron chi connectivity index (χ0n) is 15.0. The maximum absolute atomic E-state index is 12.5. The summed E-state index contributed by atoms with van der Waals surface area (Å²) in [5.74, 6) is 1.52. The zero-order valence-corrected chi connectivity index (χ0v) is 15.0. The second-order valence-corrected chi connectivity index (χ2v) is 7.03. The highest BCUT2D eigenvalue weighted by molar-refractivity contribution is 5.92. The number of rotatable bonds is 4. The van der Waals surface area contributed by atoms with E-state index in [-0.39, 0.29) is 11.8 Å². The van der Waals surface area contributed by atoms with Gasteiger partial charge in [-0.1, -0.05) is 18.9 Å². The molecule has 1 aromatic carbocycles. The molecule has 0 bridgehead atoms. The monoisotopic (exact) mass is 345 g/mol. The van der Waals surface area contributed by atoms with Gasteiger partial charge in [0.2, 0.25) is 5.91 Å². The van der Waals surface area contributed by atoms with Crippen LogP contribution in [-0.4, -0.2) is 48.8 Å². The Morgan fingerprint density at radius 1 is 1.24 bits per heavy atom. The van der Waals surface area contributed by atoms with E-state index in [2.05, 4.69) is 0 Å². The summed E-state index contributed by atoms with van der Waals surface area (Å²) in [6.45, 7) is 1.29. The van der Waals surface area contributed by atoms with Crippen molar-refractivity contribution in [3.8, 4) is 11.5 Å². The van der Waals surface area contributed by atoms with E-state index in [1.807, 2.05) is 23.1 Å². The second kappa shape index (κ2) is 7.48. The number of hydrogen-bond acceptors (Lipinski definition) is 4. The van der Waals surface area contributed by atoms with Gasteiger partial charge in [-0.25, -0.2) is 0 Å². The number of fused-ring (bicyclic) bond motifs is 1. The summed E-state index contributed by atoms with van der Waals surface area (Å²) < 4.78 is 10.5. The van der Waals surface area contributed by atoms with Gasteiger partial charge in [0.05, 0.1) is 19.8 Å². The molecule has 1 heterocycles. The Labute approximate surface area is 149 Å². The first-order chi connectivity index (χ1) is 12.1. The lowest BCUT2D eigenvalue weighted by molar-refractivity contribution is -0.138. The Morgan fingerprint density at radius 2 is 2.04 bits per heavy atom. The van der Waals surface area contributed by atoms with Crippen molar-refractivity contribution in [2.75, 3.05) is 27.3 Å². The molecule has 1 amide bonds. The summed E-state index contributed by atoms with van der Waals surface area (Å²) in [4.78, 5) is 14.4. The third-order valence-electron chi connectivity index (χ3n) is 5.57. The number of methoxy groups -OCH3 is 2. The molecule has 0 spiro atoms. The number of carbonyl (C=O) groups excluding carboxylic acids is 1. The Bertz CT molecular complexity index is 657. The lowest BCUT2D eigenvalue weighted by Gasteiger charge is -2.47. The van der Waals surface area contributed by atoms with Crippen molar-refractivity contribution < 1.29 is 19.4 Å². The molecule has 1 aliphatic heterocycles. The van der Waals surface area contributed by atoms with Crippen molar-refractivity contribution in [1.29, 1.82) is 0 Å². The first-order valence-electron chi connectivity index (χ1n) is 8.97. The summed E-state index contributed by atoms with van der Waals surface area (Å²) in [6, 6.07) is 5.56. The standard InChI is InChI=1S/C20H27NO4/c1-24-17-8-6-15(13-18(17)25-2)7-9-19(22)21-12-11-20(23)10-4-3-5-16(20)14-21/h6-9,13,16,23H,3-5,10-12,14H2,1-2H3. The molecule has 2 aliphatic rings. The van der Waals surface area contributed by atoms with Gasteiger partial charge in [-0.2, -0.15) is 0 Å². The molecular weight excluding hydrogens is 318 g/mol. The van der Waals surface area contributed by atoms with Gasteiger partial charge >= 0.3 is 0 Å². The van der Waals surface area contributed by atoms with E-state index in [0.717, 1.165) is 31.2 Å². The lowest BCUT2D eigenvalue weighted by Crippen LogP contribution is -2.54. The van der Waals surface area contributed by atoms with Gasteiger partial charge in [-0.15, -0.1) is 0 Å². The third-order valence-corrected chi connectivity index (χ3v) is 5.57. The van der Waals surface area contributed by atoms with Crippen molar-refractivity contribution in [2.45, 2.75) is 37.7 Å². The fourth-order valence-corrected chi connectivity index (χ4v) is 4.00. The smallest absolute Gasteiger partial charge is 0.246 e. The van der Waals surface area contributed by atoms with Crippen molar-refractivity contribution in [1.82, 2.24) is 4.90 Å². The minimum atomic E-state index is -0.553. The van der Waals surface area contributed by atoms with Crippen molar-refractivity contribution in [3.63, 3.8) is 0 Å². The number of nitrogens with zero attached hydrogens (tertiary/aromatic N) is 1. The van der Waals surface area contributed by atoms with Gasteiger partial charge in [0.1, 0.15) is 0 Å². The molecule has 1 aromatic rings. The Kier molecular flexibility index (Phi) is 5.33. The van der Waals surface area contributed by atoms with Crippen LogP contribution in [0.15, 0.2) is 24.3 Å². The van der Waals surface area contributed by atoms with E-state index in [0.29, 0.717) is 31.0 Å². The molecule has 5 heteroatoms. The van der Waals surface area contributed by atoms with E-state index >= 15 is 0 Å². The molecule has 2 fully saturated rings. The van der Waals surface area contributed by atoms with Gasteiger partial charge in [0.15, 0.2) is 11.5 Å². The molecule has 2 unspecified atom stereocenters. The highest BCUT2D eigenvalue weighted by Crippen LogP contribution is 2.39. The maximum Gasteiger partial charge on any atom is 0.246 e. The quantitative estimate of drug-likeness (QED) is 0.853. The Hall–Kier alpha value is -2.01. The predicted octanol–water partition coefficient (Wildman–Crippen LogP) is 2.87. The highest BCUT2D eigenvalue weighted by atomic mass is 16.5. The second-order valence-electron chi connectivity index (χ2n) is 7.03. The molecule has 1 saturated carbocycles. The van der Waals surface area contributed by atoms with Crippen molar-refractivity contribution >= 4 is 12.0 Å². The fourth-order valence-electron chi connectivity index (χ4n) is 4.00. The molecule has 1 saturated heterocycles. The van der Waals surface area contributed by atoms with Crippen molar-refractivity contribution in [2.24, 2.45) is 5.92 Å². The van der Waals surface area contributed by atoms with E-state index in [1.54, 1.807) is 26.4 Å². The Balaban J connectivity index is 1.65. The minimum absolute atomic E-state index is 0.00223. The zero-order chi connectivity index (χ0) is 17.9. The minimum Gasteiger partial charge on any atom is -0.493 e. The molecule has 1 aliphatic carbocycles. The number of amides is 1. The Morgan fingerprint density at radius 3 is 2.80 bits per heavy atom. The molecular formula is C20H27NO4. The van der Waals surface area contributed by atoms with Crippen LogP contribution in [0.4, 0.5) is 0 Å². The highest BCUT2D eigenvalue weighted by Gasteiger charge is 2.43. The SMILES string of the molecule is COc1ccc(C=CC(=O)N2CCC3(O)CCCCC3C2)cc1OC. The van der Waals surface area contributed by atoms with Crippen LogP contribution in [0, 0.1) is 5.92 Å². The average molecular weight is 345 g/mol. The topological polar surface area (TPSA) is 59.0 Å². The number of likely N-dealkylation sites (tertiary alicyclic amines) is 1. The van der Waals surface area contributed by atoms with Crippen LogP contribution < -0.4 is 9.47 Å². The number of carbonyl (C=O) groups is 1. The van der Waals surface area contributed by atoms with Gasteiger partial charge in [0, 0.05) is 25.1 Å². The third kappa shape index (κ3) is 3.82. The molecule has 0 aromatic heterocycles. The lowest BCUT2D eigenvalue weighted by atomic mass is 9.71. The van der Waals surface area contributed by atoms with Crippen LogP contribution in [0.2, 0.25) is 0 Å². The molecule has 2 atom stereocenters. The first-order valence-corrected chi connectivity index (χ1v) is 8.97. The van der Waals surface area contributed by atoms with E-state index < -0.39 is 5.60 Å². The van der Waals surface area contributed by atoms with E-state index in [9.17, 15) is 9.90 Å². The van der Waals surface area contributed by atoms with Crippen LogP contribution in [0.25, 0.3) is 6.08 Å². The van der Waals surface area contributed by atoms with Gasteiger partial charge in [0.25, 0.3) is 0 Å². The molecule has 3 rings (SSSR count). The normalized spacial score (nSPS) is 26.4. The molecule has 5 nitrogen and oxygen atoms in total. The van der Waals surface area contributed by atoms with E-state index in [4.69, 9.17) is 9.47 Å². The van der Waals surface area contributed by atoms with Crippen LogP contribution in [-0.2, 0) is 4.79 Å². The van der Waals surface area contributed by atoms with Gasteiger partial charge in [-0.05, 0) is 43.0 Å². The van der Waals surface area contributed by atoms with Crippen LogP contribution in [0.1, 0.15) is 37.7 Å². The molecule has 25 heavy (non-hydrogen) atoms. The number of ether oxygens (including phenoxy) is 2. The van der Waals surface area contributed by atoms with Gasteiger partial charge < -0.3 is 19.5 Å². The number of aliphatic hydroxyl groups is 1. The summed E-state index contributed by atoms with van der Waals surface area (Å²) in [5.41, 5.74) is 0.333. The van der Waals surface area contributed by atoms with Gasteiger partial charge in [-0.3, -0.25) is 4.79 Å². The van der Waals surface area contributed by atoms with Crippen LogP contribution in [0.5, 0.6) is 11.5 Å². The summed E-state index contributed by atoms with van der Waals surface area (Å²) in [5, 5.41) is 10.7. The number of benzene rings is 1. The number of hydrogen-bond donors (Lipinski definition) is 1. The van der Waals surface area contributed by atoms with Crippen LogP contribution >= 0.6 is 0 Å². The summed E-state index contributed by atoms with van der Waals surface area (Å²) in [6.07, 6.45) is 8.23. The van der Waals surface area contributed by atoms with E-state index in [1.165, 1.54) is 0 Å². The average Bonchev–Trinajstić information content (AvgIpc) is 2.65. The maximum atomic E-state index is 12.5. The first kappa shape index (κ1) is 17.8. The molecule has 0 radical (unpaired) electrons.